The molecule has 16 heavy (non-hydrogen) atoms. The van der Waals surface area contributed by atoms with Crippen LogP contribution in [0.15, 0.2) is 0 Å². The number of rotatable bonds is 3. The Morgan fingerprint density at radius 3 is 1.88 bits per heavy atom. The van der Waals surface area contributed by atoms with E-state index in [9.17, 15) is 0 Å². The third-order valence-corrected chi connectivity index (χ3v) is 4.79. The van der Waals surface area contributed by atoms with Crippen LogP contribution in [0, 0.1) is 11.8 Å². The summed E-state index contributed by atoms with van der Waals surface area (Å²) in [5.74, 6) is 1.90. The summed E-state index contributed by atoms with van der Waals surface area (Å²) in [7, 11) is 0. The van der Waals surface area contributed by atoms with Gasteiger partial charge < -0.3 is 5.32 Å². The molecule has 0 aromatic rings. The van der Waals surface area contributed by atoms with Crippen LogP contribution >= 0.6 is 0 Å². The van der Waals surface area contributed by atoms with Gasteiger partial charge in [-0.2, -0.15) is 0 Å². The van der Waals surface area contributed by atoms with Crippen molar-refractivity contribution in [2.45, 2.75) is 83.7 Å². The molecule has 0 spiro atoms. The molecule has 0 aromatic carbocycles. The van der Waals surface area contributed by atoms with Crippen molar-refractivity contribution in [3.63, 3.8) is 0 Å². The summed E-state index contributed by atoms with van der Waals surface area (Å²) >= 11 is 0. The zero-order chi connectivity index (χ0) is 11.4. The van der Waals surface area contributed by atoms with Crippen LogP contribution in [0.2, 0.25) is 0 Å². The van der Waals surface area contributed by atoms with E-state index in [1.165, 1.54) is 57.8 Å². The van der Waals surface area contributed by atoms with Gasteiger partial charge in [-0.3, -0.25) is 0 Å². The van der Waals surface area contributed by atoms with E-state index < -0.39 is 0 Å². The smallest absolute Gasteiger partial charge is 0.00698 e. The number of hydrogen-bond donors (Lipinski definition) is 1. The van der Waals surface area contributed by atoms with Gasteiger partial charge >= 0.3 is 0 Å². The molecule has 1 nitrogen and oxygen atoms in total. The van der Waals surface area contributed by atoms with E-state index in [0.717, 1.165) is 23.9 Å². The van der Waals surface area contributed by atoms with Crippen molar-refractivity contribution in [3.05, 3.63) is 0 Å². The second kappa shape index (κ2) is 6.05. The van der Waals surface area contributed by atoms with Gasteiger partial charge in [0.1, 0.15) is 0 Å². The average Bonchev–Trinajstić information content (AvgIpc) is 2.31. The van der Waals surface area contributed by atoms with E-state index in [1.807, 2.05) is 0 Å². The summed E-state index contributed by atoms with van der Waals surface area (Å²) in [5, 5.41) is 3.92. The Morgan fingerprint density at radius 1 is 0.750 bits per heavy atom. The maximum atomic E-state index is 3.92. The molecule has 0 bridgehead atoms. The Hall–Kier alpha value is -0.0400. The van der Waals surface area contributed by atoms with Gasteiger partial charge in [0.15, 0.2) is 0 Å². The molecular weight excluding hydrogens is 194 g/mol. The molecule has 0 radical (unpaired) electrons. The van der Waals surface area contributed by atoms with E-state index in [2.05, 4.69) is 19.2 Å². The van der Waals surface area contributed by atoms with Gasteiger partial charge in [0.2, 0.25) is 0 Å². The molecule has 1 heteroatoms. The molecule has 0 atom stereocenters. The number of nitrogens with one attached hydrogen (secondary N) is 1. The normalized spacial score (nSPS) is 33.2. The Kier molecular flexibility index (Phi) is 4.69. The summed E-state index contributed by atoms with van der Waals surface area (Å²) in [5.41, 5.74) is 0. The fourth-order valence-corrected chi connectivity index (χ4v) is 3.56. The van der Waals surface area contributed by atoms with Gasteiger partial charge in [-0.05, 0) is 50.4 Å². The van der Waals surface area contributed by atoms with Gasteiger partial charge in [-0.25, -0.2) is 0 Å². The lowest BCUT2D eigenvalue weighted by molar-refractivity contribution is 0.217. The molecule has 0 unspecified atom stereocenters. The first-order valence-corrected chi connectivity index (χ1v) is 7.51. The van der Waals surface area contributed by atoms with Crippen LogP contribution in [-0.4, -0.2) is 12.1 Å². The largest absolute Gasteiger partial charge is 0.311 e. The quantitative estimate of drug-likeness (QED) is 0.759. The molecule has 0 aromatic heterocycles. The minimum absolute atomic E-state index is 0.845. The van der Waals surface area contributed by atoms with Gasteiger partial charge in [-0.15, -0.1) is 0 Å². The summed E-state index contributed by atoms with van der Waals surface area (Å²) < 4.78 is 0. The molecule has 0 aliphatic heterocycles. The Labute approximate surface area is 101 Å². The van der Waals surface area contributed by atoms with Crippen molar-refractivity contribution >= 4 is 0 Å². The lowest BCUT2D eigenvalue weighted by Crippen LogP contribution is -2.41. The van der Waals surface area contributed by atoms with Crippen LogP contribution in [-0.2, 0) is 0 Å². The van der Waals surface area contributed by atoms with Crippen LogP contribution in [0.25, 0.3) is 0 Å². The third-order valence-electron chi connectivity index (χ3n) is 4.79. The molecule has 0 amide bonds. The van der Waals surface area contributed by atoms with Crippen LogP contribution in [0.1, 0.15) is 71.6 Å². The first kappa shape index (κ1) is 12.4. The molecule has 0 heterocycles. The van der Waals surface area contributed by atoms with Gasteiger partial charge in [-0.1, -0.05) is 33.1 Å². The van der Waals surface area contributed by atoms with Crippen molar-refractivity contribution in [3.8, 4) is 0 Å². The SMILES string of the molecule is CC(C)[C@H]1CC[C@H](NC2CCCCC2)CC1. The highest BCUT2D eigenvalue weighted by Gasteiger charge is 2.25. The highest BCUT2D eigenvalue weighted by Crippen LogP contribution is 2.30. The zero-order valence-electron chi connectivity index (χ0n) is 11.2. The predicted molar refractivity (Wildman–Crippen MR) is 70.6 cm³/mol. The summed E-state index contributed by atoms with van der Waals surface area (Å²) in [6, 6.07) is 1.70. The molecule has 2 aliphatic rings. The van der Waals surface area contributed by atoms with Crippen molar-refractivity contribution in [1.29, 1.82) is 0 Å². The lowest BCUT2D eigenvalue weighted by atomic mass is 9.79. The maximum absolute atomic E-state index is 3.92. The fourth-order valence-electron chi connectivity index (χ4n) is 3.56. The maximum Gasteiger partial charge on any atom is 0.00698 e. The van der Waals surface area contributed by atoms with Crippen molar-refractivity contribution < 1.29 is 0 Å². The zero-order valence-corrected chi connectivity index (χ0v) is 11.2. The lowest BCUT2D eigenvalue weighted by Gasteiger charge is -2.35. The highest BCUT2D eigenvalue weighted by molar-refractivity contribution is 4.82. The minimum atomic E-state index is 0.845. The molecule has 2 fully saturated rings. The van der Waals surface area contributed by atoms with Crippen LogP contribution in [0.5, 0.6) is 0 Å². The molecule has 2 rings (SSSR count). The first-order chi connectivity index (χ1) is 7.75. The standard InChI is InChI=1S/C15H29N/c1-12(2)13-8-10-15(11-9-13)16-14-6-4-3-5-7-14/h12-16H,3-11H2,1-2H3/t13-,15-. The van der Waals surface area contributed by atoms with E-state index in [1.54, 1.807) is 0 Å². The summed E-state index contributed by atoms with van der Waals surface area (Å²) in [4.78, 5) is 0. The highest BCUT2D eigenvalue weighted by atomic mass is 15.0. The Balaban J connectivity index is 1.68. The third kappa shape index (κ3) is 3.48. The number of hydrogen-bond acceptors (Lipinski definition) is 1. The van der Waals surface area contributed by atoms with Gasteiger partial charge in [0, 0.05) is 12.1 Å². The van der Waals surface area contributed by atoms with Crippen LogP contribution in [0.3, 0.4) is 0 Å². The summed E-state index contributed by atoms with van der Waals surface area (Å²) in [6.07, 6.45) is 13.0. The molecular formula is C15H29N. The van der Waals surface area contributed by atoms with Crippen molar-refractivity contribution in [1.82, 2.24) is 5.32 Å². The molecule has 2 aliphatic carbocycles. The van der Waals surface area contributed by atoms with E-state index in [0.29, 0.717) is 0 Å². The van der Waals surface area contributed by atoms with Crippen molar-refractivity contribution in [2.75, 3.05) is 0 Å². The molecule has 0 saturated heterocycles. The van der Waals surface area contributed by atoms with Crippen LogP contribution in [0.4, 0.5) is 0 Å². The monoisotopic (exact) mass is 223 g/mol. The molecule has 1 N–H and O–H groups in total. The second-order valence-electron chi connectivity index (χ2n) is 6.36. The average molecular weight is 223 g/mol. The van der Waals surface area contributed by atoms with Crippen LogP contribution < -0.4 is 5.32 Å². The topological polar surface area (TPSA) is 12.0 Å². The molecule has 2 saturated carbocycles. The van der Waals surface area contributed by atoms with E-state index in [4.69, 9.17) is 0 Å². The Bertz CT molecular complexity index is 186. The second-order valence-corrected chi connectivity index (χ2v) is 6.36. The van der Waals surface area contributed by atoms with Gasteiger partial charge in [0.25, 0.3) is 0 Å². The van der Waals surface area contributed by atoms with Gasteiger partial charge in [0.05, 0.1) is 0 Å². The van der Waals surface area contributed by atoms with E-state index >= 15 is 0 Å². The minimum Gasteiger partial charge on any atom is -0.311 e. The predicted octanol–water partition coefficient (Wildman–Crippen LogP) is 4.12. The first-order valence-electron chi connectivity index (χ1n) is 7.51. The summed E-state index contributed by atoms with van der Waals surface area (Å²) in [6.45, 7) is 4.78. The fraction of sp³-hybridized carbons (Fsp3) is 1.00. The van der Waals surface area contributed by atoms with E-state index in [-0.39, 0.29) is 0 Å². The van der Waals surface area contributed by atoms with Crippen molar-refractivity contribution in [2.24, 2.45) is 11.8 Å². The molecule has 94 valence electrons. The Morgan fingerprint density at radius 2 is 1.31 bits per heavy atom.